The number of halogens is 2. The number of hydrogen-bond acceptors (Lipinski definition) is 6. The first-order chi connectivity index (χ1) is 16.1. The summed E-state index contributed by atoms with van der Waals surface area (Å²) in [6.45, 7) is 0.253. The van der Waals surface area contributed by atoms with Gasteiger partial charge >= 0.3 is 5.97 Å². The van der Waals surface area contributed by atoms with E-state index in [1.807, 2.05) is 0 Å². The number of non-ortho nitro benzene ring substituents is 1. The first-order valence-corrected chi connectivity index (χ1v) is 11.4. The van der Waals surface area contributed by atoms with Crippen LogP contribution >= 0.6 is 31.9 Å². The second-order valence-electron chi connectivity index (χ2n) is 7.17. The highest BCUT2D eigenvalue weighted by molar-refractivity contribution is 9.11. The van der Waals surface area contributed by atoms with Crippen LogP contribution in [0.1, 0.15) is 21.5 Å². The number of hydrogen-bond donors (Lipinski definition) is 3. The second kappa shape index (κ2) is 11.1. The number of carboxylic acid groups (broad SMARTS) is 1. The summed E-state index contributed by atoms with van der Waals surface area (Å²) >= 11 is 6.72. The third-order valence-corrected chi connectivity index (χ3v) is 5.87. The van der Waals surface area contributed by atoms with Gasteiger partial charge in [0.1, 0.15) is 11.5 Å². The van der Waals surface area contributed by atoms with Crippen LogP contribution in [0.2, 0.25) is 0 Å². The Kier molecular flexibility index (Phi) is 8.24. The molecule has 3 aromatic rings. The zero-order valence-corrected chi connectivity index (χ0v) is 20.6. The number of aromatic hydroxyl groups is 1. The lowest BCUT2D eigenvalue weighted by Gasteiger charge is -2.13. The average Bonchev–Trinajstić information content (AvgIpc) is 2.77. The lowest BCUT2D eigenvalue weighted by atomic mass is 10.1. The van der Waals surface area contributed by atoms with Gasteiger partial charge in [-0.2, -0.15) is 0 Å². The Balaban J connectivity index is 1.68. The smallest absolute Gasteiger partial charge is 0.307 e. The number of carbonyl (C=O) groups excluding carboxylic acids is 1. The molecule has 0 spiro atoms. The molecule has 34 heavy (non-hydrogen) atoms. The summed E-state index contributed by atoms with van der Waals surface area (Å²) in [5, 5.41) is 32.5. The van der Waals surface area contributed by atoms with E-state index >= 15 is 0 Å². The largest absolute Gasteiger partial charge is 0.507 e. The van der Waals surface area contributed by atoms with Crippen molar-refractivity contribution < 1.29 is 29.5 Å². The fourth-order valence-corrected chi connectivity index (χ4v) is 4.51. The van der Waals surface area contributed by atoms with E-state index in [0.29, 0.717) is 26.7 Å². The van der Waals surface area contributed by atoms with Crippen molar-refractivity contribution in [2.24, 2.45) is 0 Å². The van der Waals surface area contributed by atoms with Gasteiger partial charge in [-0.25, -0.2) is 0 Å². The molecule has 0 fully saturated rings. The molecule has 0 atom stereocenters. The summed E-state index contributed by atoms with van der Waals surface area (Å²) < 4.78 is 6.89. The first-order valence-electron chi connectivity index (χ1n) is 9.86. The maximum Gasteiger partial charge on any atom is 0.307 e. The number of benzene rings is 3. The van der Waals surface area contributed by atoms with Crippen molar-refractivity contribution in [1.29, 1.82) is 0 Å². The predicted molar refractivity (Wildman–Crippen MR) is 130 cm³/mol. The number of nitrogens with zero attached hydrogens (tertiary/aromatic N) is 1. The Morgan fingerprint density at radius 2 is 1.65 bits per heavy atom. The molecular weight excluding hydrogens is 576 g/mol. The summed E-state index contributed by atoms with van der Waals surface area (Å²) in [7, 11) is 0. The van der Waals surface area contributed by atoms with Crippen molar-refractivity contribution in [3.8, 4) is 17.2 Å². The molecule has 9 nitrogen and oxygen atoms in total. The minimum atomic E-state index is -0.963. The number of aliphatic carboxylic acids is 1. The topological polar surface area (TPSA) is 139 Å². The van der Waals surface area contributed by atoms with Gasteiger partial charge in [0.2, 0.25) is 0 Å². The van der Waals surface area contributed by atoms with Gasteiger partial charge in [-0.3, -0.25) is 19.7 Å². The number of rotatable bonds is 9. The molecule has 0 aromatic heterocycles. The van der Waals surface area contributed by atoms with Gasteiger partial charge < -0.3 is 20.3 Å². The maximum atomic E-state index is 12.6. The van der Waals surface area contributed by atoms with Crippen LogP contribution in [0.25, 0.3) is 0 Å². The Morgan fingerprint density at radius 1 is 1.00 bits per heavy atom. The van der Waals surface area contributed by atoms with Crippen LogP contribution < -0.4 is 10.1 Å². The Labute approximate surface area is 210 Å². The summed E-state index contributed by atoms with van der Waals surface area (Å²) in [6, 6.07) is 13.5. The quantitative estimate of drug-likeness (QED) is 0.228. The molecular formula is C23H18Br2N2O7. The van der Waals surface area contributed by atoms with Crippen molar-refractivity contribution in [1.82, 2.24) is 5.32 Å². The zero-order chi connectivity index (χ0) is 24.8. The van der Waals surface area contributed by atoms with E-state index in [1.165, 1.54) is 30.3 Å². The average molecular weight is 594 g/mol. The number of amides is 1. The second-order valence-corrected chi connectivity index (χ2v) is 8.88. The molecule has 0 aliphatic rings. The molecule has 0 heterocycles. The van der Waals surface area contributed by atoms with Crippen LogP contribution in [0.15, 0.2) is 63.5 Å². The molecule has 176 valence electrons. The molecule has 0 saturated carbocycles. The van der Waals surface area contributed by atoms with Gasteiger partial charge in [0.05, 0.1) is 25.9 Å². The molecule has 3 N–H and O–H groups in total. The number of nitro benzene ring substituents is 1. The fraction of sp³-hybridized carbons (Fsp3) is 0.130. The highest BCUT2D eigenvalue weighted by Crippen LogP contribution is 2.38. The molecule has 0 radical (unpaired) electrons. The SMILES string of the molecule is O=C(O)Cc1cc(Br)c(Oc2ccc(O)c(C(=O)NCCc3ccc([N+](=O)[O-])cc3)c2)c(Br)c1. The molecule has 11 heteroatoms. The standard InChI is InChI=1S/C23H18Br2N2O7/c24-18-9-14(11-21(29)30)10-19(25)22(18)34-16-5-6-20(28)17(12-16)23(31)26-8-7-13-1-3-15(4-2-13)27(32)33/h1-6,9-10,12,28H,7-8,11H2,(H,26,31)(H,29,30). The van der Waals surface area contributed by atoms with Crippen LogP contribution in [0.5, 0.6) is 17.2 Å². The van der Waals surface area contributed by atoms with E-state index in [2.05, 4.69) is 37.2 Å². The lowest BCUT2D eigenvalue weighted by molar-refractivity contribution is -0.384. The molecule has 3 aromatic carbocycles. The Bertz CT molecular complexity index is 1220. The van der Waals surface area contributed by atoms with E-state index in [9.17, 15) is 24.8 Å². The van der Waals surface area contributed by atoms with Gasteiger partial charge in [0, 0.05) is 18.7 Å². The van der Waals surface area contributed by atoms with Crippen LogP contribution in [-0.2, 0) is 17.6 Å². The van der Waals surface area contributed by atoms with Crippen LogP contribution in [0, 0.1) is 10.1 Å². The van der Waals surface area contributed by atoms with E-state index < -0.39 is 16.8 Å². The summed E-state index contributed by atoms with van der Waals surface area (Å²) in [5.74, 6) is -1.04. The first kappa shape index (κ1) is 25.2. The highest BCUT2D eigenvalue weighted by Gasteiger charge is 2.16. The number of ether oxygens (including phenoxy) is 1. The zero-order valence-electron chi connectivity index (χ0n) is 17.5. The van der Waals surface area contributed by atoms with Gasteiger partial charge in [-0.1, -0.05) is 12.1 Å². The lowest BCUT2D eigenvalue weighted by Crippen LogP contribution is -2.25. The van der Waals surface area contributed by atoms with Crippen molar-refractivity contribution in [3.63, 3.8) is 0 Å². The maximum absolute atomic E-state index is 12.6. The van der Waals surface area contributed by atoms with Crippen molar-refractivity contribution >= 4 is 49.4 Å². The van der Waals surface area contributed by atoms with Crippen LogP contribution in [-0.4, -0.2) is 33.6 Å². The number of carboxylic acids is 1. The van der Waals surface area contributed by atoms with E-state index in [-0.39, 0.29) is 35.7 Å². The van der Waals surface area contributed by atoms with Crippen molar-refractivity contribution in [3.05, 3.63) is 90.3 Å². The number of phenols is 1. The van der Waals surface area contributed by atoms with Crippen molar-refractivity contribution in [2.45, 2.75) is 12.8 Å². The van der Waals surface area contributed by atoms with Gasteiger partial charge in [0.15, 0.2) is 5.75 Å². The van der Waals surface area contributed by atoms with Crippen LogP contribution in [0.4, 0.5) is 5.69 Å². The van der Waals surface area contributed by atoms with Gasteiger partial charge in [-0.15, -0.1) is 0 Å². The summed E-state index contributed by atoms with van der Waals surface area (Å²) in [5.41, 5.74) is 1.38. The van der Waals surface area contributed by atoms with Gasteiger partial charge in [-0.05, 0) is 79.7 Å². The monoisotopic (exact) mass is 592 g/mol. The summed E-state index contributed by atoms with van der Waals surface area (Å²) in [4.78, 5) is 33.8. The number of phenolic OH excluding ortho intramolecular Hbond substituents is 1. The van der Waals surface area contributed by atoms with E-state index in [1.54, 1.807) is 24.3 Å². The normalized spacial score (nSPS) is 10.5. The van der Waals surface area contributed by atoms with Crippen LogP contribution in [0.3, 0.4) is 0 Å². The molecule has 0 aliphatic heterocycles. The molecule has 3 rings (SSSR count). The molecule has 0 saturated heterocycles. The minimum absolute atomic E-state index is 0.00989. The third-order valence-electron chi connectivity index (χ3n) is 4.69. The van der Waals surface area contributed by atoms with E-state index in [4.69, 9.17) is 9.84 Å². The van der Waals surface area contributed by atoms with Crippen molar-refractivity contribution in [2.75, 3.05) is 6.54 Å². The number of carbonyl (C=O) groups is 2. The molecule has 0 aliphatic carbocycles. The molecule has 0 bridgehead atoms. The molecule has 0 unspecified atom stereocenters. The predicted octanol–water partition coefficient (Wildman–Crippen LogP) is 5.22. The summed E-state index contributed by atoms with van der Waals surface area (Å²) in [6.07, 6.45) is 0.296. The number of nitro groups is 1. The fourth-order valence-electron chi connectivity index (χ4n) is 3.06. The van der Waals surface area contributed by atoms with E-state index in [0.717, 1.165) is 5.56 Å². The number of nitrogens with one attached hydrogen (secondary N) is 1. The van der Waals surface area contributed by atoms with Gasteiger partial charge in [0.25, 0.3) is 11.6 Å². The highest BCUT2D eigenvalue weighted by atomic mass is 79.9. The third kappa shape index (κ3) is 6.55. The minimum Gasteiger partial charge on any atom is -0.507 e. The Hall–Kier alpha value is -3.44. The Morgan fingerprint density at radius 3 is 2.24 bits per heavy atom. The molecule has 1 amide bonds.